The summed E-state index contributed by atoms with van der Waals surface area (Å²) in [4.78, 5) is 31.5. The molecule has 0 unspecified atom stereocenters. The molecule has 6 heteroatoms. The van der Waals surface area contributed by atoms with E-state index in [0.29, 0.717) is 30.9 Å². The minimum absolute atomic E-state index is 0.00485. The van der Waals surface area contributed by atoms with E-state index in [9.17, 15) is 14.0 Å². The maximum absolute atomic E-state index is 13.8. The average molecular weight is 417 g/mol. The van der Waals surface area contributed by atoms with Crippen molar-refractivity contribution in [2.24, 2.45) is 0 Å². The summed E-state index contributed by atoms with van der Waals surface area (Å²) in [5, 5.41) is 2.15. The molecule has 0 bridgehead atoms. The Hall–Kier alpha value is -3.25. The number of hydrogen-bond acceptors (Lipinski definition) is 3. The summed E-state index contributed by atoms with van der Waals surface area (Å²) in [5.74, 6) is -0.416. The fourth-order valence-electron chi connectivity index (χ4n) is 4.81. The Labute approximate surface area is 180 Å². The number of amides is 2. The summed E-state index contributed by atoms with van der Waals surface area (Å²) >= 11 is 0. The molecule has 1 atom stereocenters. The molecule has 1 spiro atoms. The molecule has 5 rings (SSSR count). The van der Waals surface area contributed by atoms with Crippen LogP contribution < -0.4 is 4.90 Å². The van der Waals surface area contributed by atoms with Crippen molar-refractivity contribution >= 4 is 28.3 Å². The summed E-state index contributed by atoms with van der Waals surface area (Å²) in [6, 6.07) is 19.9. The molecule has 0 radical (unpaired) electrons. The number of halogens is 1. The van der Waals surface area contributed by atoms with Crippen molar-refractivity contribution < 1.29 is 14.0 Å². The van der Waals surface area contributed by atoms with Crippen LogP contribution in [0.1, 0.15) is 16.8 Å². The number of rotatable bonds is 2. The van der Waals surface area contributed by atoms with Crippen LogP contribution in [0.2, 0.25) is 0 Å². The summed E-state index contributed by atoms with van der Waals surface area (Å²) < 4.78 is 13.8. The second-order valence-electron chi connectivity index (χ2n) is 8.58. The average Bonchev–Trinajstić information content (AvgIpc) is 3.21. The van der Waals surface area contributed by atoms with Gasteiger partial charge in [-0.25, -0.2) is 4.39 Å². The molecule has 2 amide bonds. The van der Waals surface area contributed by atoms with E-state index >= 15 is 0 Å². The third-order valence-corrected chi connectivity index (χ3v) is 6.67. The zero-order chi connectivity index (χ0) is 21.6. The first-order chi connectivity index (χ1) is 14.9. The Morgan fingerprint density at radius 1 is 0.968 bits per heavy atom. The molecule has 2 heterocycles. The van der Waals surface area contributed by atoms with E-state index in [1.807, 2.05) is 54.4 Å². The Morgan fingerprint density at radius 3 is 2.58 bits per heavy atom. The predicted molar refractivity (Wildman–Crippen MR) is 119 cm³/mol. The molecule has 0 aliphatic carbocycles. The van der Waals surface area contributed by atoms with Crippen LogP contribution in [-0.2, 0) is 4.79 Å². The molecule has 0 aromatic heterocycles. The van der Waals surface area contributed by atoms with Gasteiger partial charge in [-0.05, 0) is 54.6 Å². The van der Waals surface area contributed by atoms with Gasteiger partial charge in [0.05, 0.1) is 12.1 Å². The van der Waals surface area contributed by atoms with Gasteiger partial charge in [-0.3, -0.25) is 14.5 Å². The summed E-state index contributed by atoms with van der Waals surface area (Å²) in [6.45, 7) is 1.84. The number of piperazine rings is 1. The van der Waals surface area contributed by atoms with Gasteiger partial charge in [-0.15, -0.1) is 0 Å². The summed E-state index contributed by atoms with van der Waals surface area (Å²) in [7, 11) is 1.94. The summed E-state index contributed by atoms with van der Waals surface area (Å²) in [5.41, 5.74) is 0.899. The van der Waals surface area contributed by atoms with Crippen LogP contribution in [0.15, 0.2) is 66.7 Å². The highest BCUT2D eigenvalue weighted by Gasteiger charge is 2.48. The lowest BCUT2D eigenvalue weighted by molar-refractivity contribution is -0.123. The number of anilines is 1. The Balaban J connectivity index is 1.39. The topological polar surface area (TPSA) is 43.9 Å². The highest BCUT2D eigenvalue weighted by molar-refractivity contribution is 5.99. The quantitative estimate of drug-likeness (QED) is 0.641. The fraction of sp³-hybridized carbons (Fsp3) is 0.280. The molecule has 2 fully saturated rings. The van der Waals surface area contributed by atoms with Gasteiger partial charge < -0.3 is 9.80 Å². The van der Waals surface area contributed by atoms with Gasteiger partial charge in [-0.2, -0.15) is 0 Å². The van der Waals surface area contributed by atoms with E-state index in [-0.39, 0.29) is 29.7 Å². The van der Waals surface area contributed by atoms with Crippen molar-refractivity contribution in [3.8, 4) is 0 Å². The molecule has 2 aliphatic rings. The van der Waals surface area contributed by atoms with Gasteiger partial charge in [0, 0.05) is 30.9 Å². The van der Waals surface area contributed by atoms with Crippen LogP contribution in [0.25, 0.3) is 10.8 Å². The highest BCUT2D eigenvalue weighted by Crippen LogP contribution is 2.34. The van der Waals surface area contributed by atoms with Crippen LogP contribution in [-0.4, -0.2) is 60.4 Å². The number of hydrogen-bond donors (Lipinski definition) is 0. The standard InChI is InChI=1S/C25H24FN3O2/c1-27-15-23(30)29(22-8-4-7-21(26)14-22)17-25(27)11-12-28(16-25)24(31)20-10-9-18-5-2-3-6-19(18)13-20/h2-10,13-14H,11-12,15-17H2,1H3/t25-/m1/s1. The van der Waals surface area contributed by atoms with Crippen molar-refractivity contribution in [3.63, 3.8) is 0 Å². The third kappa shape index (κ3) is 3.47. The zero-order valence-corrected chi connectivity index (χ0v) is 17.4. The lowest BCUT2D eigenvalue weighted by Gasteiger charge is -2.46. The molecule has 5 nitrogen and oxygen atoms in total. The van der Waals surface area contributed by atoms with E-state index in [2.05, 4.69) is 4.90 Å². The minimum Gasteiger partial charge on any atom is -0.337 e. The maximum Gasteiger partial charge on any atom is 0.253 e. The molecule has 158 valence electrons. The van der Waals surface area contributed by atoms with Gasteiger partial charge in [0.2, 0.25) is 5.91 Å². The normalized spacial score (nSPS) is 21.9. The number of carbonyl (C=O) groups is 2. The van der Waals surface area contributed by atoms with E-state index in [1.54, 1.807) is 17.0 Å². The lowest BCUT2D eigenvalue weighted by atomic mass is 9.92. The first-order valence-corrected chi connectivity index (χ1v) is 10.5. The Morgan fingerprint density at radius 2 is 1.77 bits per heavy atom. The van der Waals surface area contributed by atoms with Crippen molar-refractivity contribution in [3.05, 3.63) is 78.1 Å². The second-order valence-corrected chi connectivity index (χ2v) is 8.58. The van der Waals surface area contributed by atoms with Gasteiger partial charge in [0.1, 0.15) is 5.82 Å². The summed E-state index contributed by atoms with van der Waals surface area (Å²) in [6.07, 6.45) is 0.766. The van der Waals surface area contributed by atoms with Crippen LogP contribution in [0, 0.1) is 5.82 Å². The van der Waals surface area contributed by atoms with Gasteiger partial charge in [-0.1, -0.05) is 36.4 Å². The maximum atomic E-state index is 13.8. The largest absolute Gasteiger partial charge is 0.337 e. The molecular formula is C25H24FN3O2. The molecular weight excluding hydrogens is 393 g/mol. The molecule has 0 N–H and O–H groups in total. The first-order valence-electron chi connectivity index (χ1n) is 10.5. The SMILES string of the molecule is CN1CC(=O)N(c2cccc(F)c2)C[C@]12CCN(C(=O)c1ccc3ccccc3c1)C2. The number of likely N-dealkylation sites (tertiary alicyclic amines) is 1. The number of fused-ring (bicyclic) bond motifs is 1. The van der Waals surface area contributed by atoms with Crippen LogP contribution in [0.3, 0.4) is 0 Å². The van der Waals surface area contributed by atoms with Crippen LogP contribution >= 0.6 is 0 Å². The number of likely N-dealkylation sites (N-methyl/N-ethyl adjacent to an activating group) is 1. The smallest absolute Gasteiger partial charge is 0.253 e. The minimum atomic E-state index is -0.363. The molecule has 3 aromatic carbocycles. The number of nitrogens with zero attached hydrogens (tertiary/aromatic N) is 3. The van der Waals surface area contributed by atoms with Gasteiger partial charge >= 0.3 is 0 Å². The molecule has 2 aliphatic heterocycles. The monoisotopic (exact) mass is 417 g/mol. The third-order valence-electron chi connectivity index (χ3n) is 6.67. The zero-order valence-electron chi connectivity index (χ0n) is 17.4. The molecule has 3 aromatic rings. The highest BCUT2D eigenvalue weighted by atomic mass is 19.1. The van der Waals surface area contributed by atoms with Crippen molar-refractivity contribution in [2.45, 2.75) is 12.0 Å². The van der Waals surface area contributed by atoms with Crippen molar-refractivity contribution in [1.29, 1.82) is 0 Å². The lowest BCUT2D eigenvalue weighted by Crippen LogP contribution is -2.64. The Kier molecular flexibility index (Phi) is 4.74. The van der Waals surface area contributed by atoms with Crippen molar-refractivity contribution in [2.75, 3.05) is 38.1 Å². The Bertz CT molecular complexity index is 1180. The predicted octanol–water partition coefficient (Wildman–Crippen LogP) is 3.54. The first kappa shape index (κ1) is 19.7. The van der Waals surface area contributed by atoms with Crippen molar-refractivity contribution in [1.82, 2.24) is 9.80 Å². The van der Waals surface area contributed by atoms with Crippen LogP contribution in [0.5, 0.6) is 0 Å². The van der Waals surface area contributed by atoms with E-state index in [4.69, 9.17) is 0 Å². The molecule has 31 heavy (non-hydrogen) atoms. The van der Waals surface area contributed by atoms with E-state index < -0.39 is 0 Å². The van der Waals surface area contributed by atoms with E-state index in [1.165, 1.54) is 12.1 Å². The number of benzene rings is 3. The molecule has 0 saturated carbocycles. The molecule has 2 saturated heterocycles. The second kappa shape index (κ2) is 7.46. The van der Waals surface area contributed by atoms with Gasteiger partial charge in [0.15, 0.2) is 0 Å². The van der Waals surface area contributed by atoms with E-state index in [0.717, 1.165) is 17.2 Å². The van der Waals surface area contributed by atoms with Gasteiger partial charge in [0.25, 0.3) is 5.91 Å². The number of carbonyl (C=O) groups excluding carboxylic acids is 2. The van der Waals surface area contributed by atoms with Crippen LogP contribution in [0.4, 0.5) is 10.1 Å². The fourth-order valence-corrected chi connectivity index (χ4v) is 4.81.